The van der Waals surface area contributed by atoms with Gasteiger partial charge in [-0.1, -0.05) is 30.3 Å². The Morgan fingerprint density at radius 2 is 2.00 bits per heavy atom. The fourth-order valence-electron chi connectivity index (χ4n) is 2.21. The van der Waals surface area contributed by atoms with Crippen LogP contribution >= 0.6 is 0 Å². The molecule has 0 aliphatic carbocycles. The van der Waals surface area contributed by atoms with Gasteiger partial charge in [0, 0.05) is 5.56 Å². The van der Waals surface area contributed by atoms with Gasteiger partial charge >= 0.3 is 0 Å². The summed E-state index contributed by atoms with van der Waals surface area (Å²) in [4.78, 5) is 0. The summed E-state index contributed by atoms with van der Waals surface area (Å²) >= 11 is 0. The van der Waals surface area contributed by atoms with Crippen LogP contribution in [0.1, 0.15) is 28.4 Å². The Morgan fingerprint density at radius 1 is 1.17 bits per heavy atom. The van der Waals surface area contributed by atoms with Crippen molar-refractivity contribution in [1.29, 1.82) is 5.26 Å². The first-order valence-corrected chi connectivity index (χ1v) is 5.72. The summed E-state index contributed by atoms with van der Waals surface area (Å²) in [7, 11) is 0. The average molecular weight is 237 g/mol. The second kappa shape index (κ2) is 4.17. The van der Waals surface area contributed by atoms with Crippen LogP contribution in [0.15, 0.2) is 42.5 Å². The van der Waals surface area contributed by atoms with E-state index < -0.39 is 6.10 Å². The van der Waals surface area contributed by atoms with E-state index in [1.807, 2.05) is 24.3 Å². The molecule has 18 heavy (non-hydrogen) atoms. The lowest BCUT2D eigenvalue weighted by Gasteiger charge is -2.12. The minimum atomic E-state index is -0.702. The molecule has 2 aromatic carbocycles. The maximum Gasteiger partial charge on any atom is 0.127 e. The van der Waals surface area contributed by atoms with Crippen LogP contribution in [-0.4, -0.2) is 5.11 Å². The van der Waals surface area contributed by atoms with Crippen molar-refractivity contribution in [3.05, 3.63) is 64.7 Å². The van der Waals surface area contributed by atoms with Crippen LogP contribution in [0.25, 0.3) is 0 Å². The van der Waals surface area contributed by atoms with E-state index in [0.717, 1.165) is 11.1 Å². The van der Waals surface area contributed by atoms with E-state index >= 15 is 0 Å². The zero-order chi connectivity index (χ0) is 12.5. The molecule has 1 heterocycles. The molecule has 0 radical (unpaired) electrons. The largest absolute Gasteiger partial charge is 0.488 e. The third-order valence-corrected chi connectivity index (χ3v) is 3.17. The summed E-state index contributed by atoms with van der Waals surface area (Å²) in [5.41, 5.74) is 3.08. The van der Waals surface area contributed by atoms with E-state index in [9.17, 15) is 5.11 Å². The molecular weight excluding hydrogens is 226 g/mol. The molecule has 3 rings (SSSR count). The van der Waals surface area contributed by atoms with Crippen molar-refractivity contribution in [2.45, 2.75) is 12.7 Å². The van der Waals surface area contributed by atoms with Gasteiger partial charge in [-0.05, 0) is 23.3 Å². The number of nitriles is 1. The number of aliphatic hydroxyl groups excluding tert-OH is 1. The fourth-order valence-corrected chi connectivity index (χ4v) is 2.21. The summed E-state index contributed by atoms with van der Waals surface area (Å²) < 4.78 is 5.68. The van der Waals surface area contributed by atoms with Crippen LogP contribution in [0.3, 0.4) is 0 Å². The summed E-state index contributed by atoms with van der Waals surface area (Å²) in [6, 6.07) is 14.8. The molecule has 1 unspecified atom stereocenters. The highest BCUT2D eigenvalue weighted by Crippen LogP contribution is 2.35. The van der Waals surface area contributed by atoms with Crippen molar-refractivity contribution in [2.75, 3.05) is 0 Å². The van der Waals surface area contributed by atoms with Gasteiger partial charge in [0.2, 0.25) is 0 Å². The molecule has 0 saturated carbocycles. The zero-order valence-corrected chi connectivity index (χ0v) is 9.63. The number of nitrogens with zero attached hydrogens (tertiary/aromatic N) is 1. The second-order valence-electron chi connectivity index (χ2n) is 4.25. The molecular formula is C15H11NO2. The van der Waals surface area contributed by atoms with Crippen LogP contribution in [0.5, 0.6) is 5.75 Å². The number of benzene rings is 2. The Balaban J connectivity index is 2.15. The van der Waals surface area contributed by atoms with Crippen molar-refractivity contribution in [3.8, 4) is 11.8 Å². The maximum absolute atomic E-state index is 10.4. The molecule has 2 aromatic rings. The molecule has 3 heteroatoms. The Kier molecular flexibility index (Phi) is 2.51. The highest BCUT2D eigenvalue weighted by Gasteiger charge is 2.22. The lowest BCUT2D eigenvalue weighted by atomic mass is 9.97. The van der Waals surface area contributed by atoms with Gasteiger partial charge in [0.1, 0.15) is 18.5 Å². The maximum atomic E-state index is 10.4. The number of hydrogen-bond acceptors (Lipinski definition) is 3. The third kappa shape index (κ3) is 1.64. The minimum absolute atomic E-state index is 0.412. The Labute approximate surface area is 105 Å². The number of ether oxygens (including phenoxy) is 1. The summed E-state index contributed by atoms with van der Waals surface area (Å²) in [6.07, 6.45) is -0.702. The smallest absolute Gasteiger partial charge is 0.127 e. The molecule has 1 atom stereocenters. The van der Waals surface area contributed by atoms with Crippen LogP contribution in [0.4, 0.5) is 0 Å². The molecule has 3 nitrogen and oxygen atoms in total. The fraction of sp³-hybridized carbons (Fsp3) is 0.133. The van der Waals surface area contributed by atoms with Gasteiger partial charge in [0.25, 0.3) is 0 Å². The Morgan fingerprint density at radius 3 is 2.83 bits per heavy atom. The summed E-state index contributed by atoms with van der Waals surface area (Å²) in [5.74, 6) is 0.581. The SMILES string of the molecule is N#Cc1ccc2c(c1)OCc1ccccc1C2O. The molecule has 0 bridgehead atoms. The molecule has 0 spiro atoms. The number of hydrogen-bond donors (Lipinski definition) is 1. The predicted molar refractivity (Wildman–Crippen MR) is 66.0 cm³/mol. The van der Waals surface area contributed by atoms with Gasteiger partial charge in [-0.15, -0.1) is 0 Å². The van der Waals surface area contributed by atoms with Crippen LogP contribution in [0.2, 0.25) is 0 Å². The van der Waals surface area contributed by atoms with E-state index in [-0.39, 0.29) is 0 Å². The summed E-state index contributed by atoms with van der Waals surface area (Å²) in [5, 5.41) is 19.3. The Bertz CT molecular complexity index is 643. The Hall–Kier alpha value is -2.31. The number of rotatable bonds is 0. The van der Waals surface area contributed by atoms with Gasteiger partial charge in [-0.2, -0.15) is 5.26 Å². The average Bonchev–Trinajstić information content (AvgIpc) is 2.57. The standard InChI is InChI=1S/C15H11NO2/c16-8-10-5-6-13-14(7-10)18-9-11-3-1-2-4-12(11)15(13)17/h1-7,15,17H,9H2. The molecule has 0 aromatic heterocycles. The van der Waals surface area contributed by atoms with Crippen LogP contribution in [-0.2, 0) is 6.61 Å². The molecule has 0 saturated heterocycles. The monoisotopic (exact) mass is 237 g/mol. The van der Waals surface area contributed by atoms with Crippen molar-refractivity contribution in [1.82, 2.24) is 0 Å². The second-order valence-corrected chi connectivity index (χ2v) is 4.25. The molecule has 88 valence electrons. The first-order valence-electron chi connectivity index (χ1n) is 5.72. The van der Waals surface area contributed by atoms with E-state index in [0.29, 0.717) is 23.5 Å². The normalized spacial score (nSPS) is 16.8. The van der Waals surface area contributed by atoms with E-state index in [1.165, 1.54) is 0 Å². The first-order chi connectivity index (χ1) is 8.79. The number of fused-ring (bicyclic) bond motifs is 2. The lowest BCUT2D eigenvalue weighted by Crippen LogP contribution is -2.00. The first kappa shape index (κ1) is 10.8. The topological polar surface area (TPSA) is 53.2 Å². The van der Waals surface area contributed by atoms with Crippen LogP contribution < -0.4 is 4.74 Å². The van der Waals surface area contributed by atoms with Crippen molar-refractivity contribution >= 4 is 0 Å². The predicted octanol–water partition coefficient (Wildman–Crippen LogP) is 2.53. The molecule has 1 aliphatic heterocycles. The van der Waals surface area contributed by atoms with Crippen molar-refractivity contribution in [2.24, 2.45) is 0 Å². The minimum Gasteiger partial charge on any atom is -0.488 e. The summed E-state index contributed by atoms with van der Waals surface area (Å²) in [6.45, 7) is 0.412. The molecule has 0 fully saturated rings. The van der Waals surface area contributed by atoms with Gasteiger partial charge in [0.15, 0.2) is 0 Å². The highest BCUT2D eigenvalue weighted by atomic mass is 16.5. The lowest BCUT2D eigenvalue weighted by molar-refractivity contribution is 0.218. The van der Waals surface area contributed by atoms with Gasteiger partial charge in [-0.25, -0.2) is 0 Å². The van der Waals surface area contributed by atoms with Crippen LogP contribution in [0, 0.1) is 11.3 Å². The van der Waals surface area contributed by atoms with E-state index in [4.69, 9.17) is 10.00 Å². The van der Waals surface area contributed by atoms with Gasteiger partial charge < -0.3 is 9.84 Å². The molecule has 1 aliphatic rings. The van der Waals surface area contributed by atoms with Crippen molar-refractivity contribution in [3.63, 3.8) is 0 Å². The zero-order valence-electron chi connectivity index (χ0n) is 9.63. The number of aliphatic hydroxyl groups is 1. The molecule has 1 N–H and O–H groups in total. The third-order valence-electron chi connectivity index (χ3n) is 3.17. The van der Waals surface area contributed by atoms with Gasteiger partial charge in [0.05, 0.1) is 11.6 Å². The van der Waals surface area contributed by atoms with Crippen molar-refractivity contribution < 1.29 is 9.84 Å². The molecule has 0 amide bonds. The quantitative estimate of drug-likeness (QED) is 0.766. The highest BCUT2D eigenvalue weighted by molar-refractivity contribution is 5.48. The van der Waals surface area contributed by atoms with Gasteiger partial charge in [-0.3, -0.25) is 0 Å². The van der Waals surface area contributed by atoms with E-state index in [2.05, 4.69) is 6.07 Å². The van der Waals surface area contributed by atoms with E-state index in [1.54, 1.807) is 18.2 Å².